The normalized spacial score (nSPS) is 29.8. The first-order valence-electron chi connectivity index (χ1n) is 7.92. The number of carbonyl (C=O) groups excluding carboxylic acids is 2. The summed E-state index contributed by atoms with van der Waals surface area (Å²) in [7, 11) is 0. The molecule has 19 heavy (non-hydrogen) atoms. The van der Waals surface area contributed by atoms with E-state index in [1.165, 1.54) is 12.8 Å². The quantitative estimate of drug-likeness (QED) is 0.445. The van der Waals surface area contributed by atoms with E-state index < -0.39 is 5.41 Å². The van der Waals surface area contributed by atoms with Crippen molar-refractivity contribution in [3.63, 3.8) is 0 Å². The zero-order chi connectivity index (χ0) is 13.7. The van der Waals surface area contributed by atoms with Gasteiger partial charge in [0.2, 0.25) is 0 Å². The van der Waals surface area contributed by atoms with Crippen LogP contribution in [0, 0.1) is 11.3 Å². The van der Waals surface area contributed by atoms with Crippen LogP contribution in [0.2, 0.25) is 0 Å². The Morgan fingerprint density at radius 2 is 1.84 bits per heavy atom. The number of hydrogen-bond acceptors (Lipinski definition) is 3. The lowest BCUT2D eigenvalue weighted by molar-refractivity contribution is -0.167. The van der Waals surface area contributed by atoms with Crippen molar-refractivity contribution in [2.75, 3.05) is 6.61 Å². The number of hydrogen-bond donors (Lipinski definition) is 0. The molecule has 0 amide bonds. The molecule has 0 aliphatic heterocycles. The molecule has 0 aromatic rings. The highest BCUT2D eigenvalue weighted by Crippen LogP contribution is 2.46. The number of Topliss-reactive ketones (excluding diaryl/α,β-unsaturated/α-hetero) is 1. The molecule has 0 bridgehead atoms. The van der Waals surface area contributed by atoms with Crippen molar-refractivity contribution in [3.05, 3.63) is 0 Å². The Kier molecular flexibility index (Phi) is 5.00. The van der Waals surface area contributed by atoms with Crippen LogP contribution in [0.15, 0.2) is 0 Å². The van der Waals surface area contributed by atoms with E-state index in [2.05, 4.69) is 0 Å². The molecule has 0 radical (unpaired) electrons. The van der Waals surface area contributed by atoms with E-state index in [9.17, 15) is 9.59 Å². The smallest absolute Gasteiger partial charge is 0.319 e. The number of ketones is 1. The first-order valence-corrected chi connectivity index (χ1v) is 7.92. The van der Waals surface area contributed by atoms with Crippen LogP contribution in [0.3, 0.4) is 0 Å². The van der Waals surface area contributed by atoms with Gasteiger partial charge in [0.05, 0.1) is 6.61 Å². The van der Waals surface area contributed by atoms with E-state index in [1.54, 1.807) is 0 Å². The van der Waals surface area contributed by atoms with Crippen LogP contribution < -0.4 is 0 Å². The van der Waals surface area contributed by atoms with Crippen LogP contribution in [-0.2, 0) is 14.3 Å². The fourth-order valence-corrected chi connectivity index (χ4v) is 3.90. The van der Waals surface area contributed by atoms with E-state index in [0.29, 0.717) is 13.0 Å². The molecule has 2 fully saturated rings. The van der Waals surface area contributed by atoms with Crippen LogP contribution in [-0.4, -0.2) is 18.4 Å². The number of ether oxygens (including phenoxy) is 1. The largest absolute Gasteiger partial charge is 0.465 e. The van der Waals surface area contributed by atoms with Crippen LogP contribution in [0.5, 0.6) is 0 Å². The third-order valence-corrected chi connectivity index (χ3v) is 4.91. The molecular formula is C16H26O3. The molecule has 1 unspecified atom stereocenters. The molecule has 108 valence electrons. The summed E-state index contributed by atoms with van der Waals surface area (Å²) in [6.07, 6.45) is 10.0. The van der Waals surface area contributed by atoms with Gasteiger partial charge in [-0.05, 0) is 38.5 Å². The molecule has 0 N–H and O–H groups in total. The molecule has 0 aromatic heterocycles. The van der Waals surface area contributed by atoms with Gasteiger partial charge in [-0.15, -0.1) is 0 Å². The van der Waals surface area contributed by atoms with Gasteiger partial charge in [0.15, 0.2) is 0 Å². The third kappa shape index (κ3) is 2.85. The Balaban J connectivity index is 2.26. The van der Waals surface area contributed by atoms with Gasteiger partial charge in [0.25, 0.3) is 0 Å². The lowest BCUT2D eigenvalue weighted by Crippen LogP contribution is -2.48. The second-order valence-electron chi connectivity index (χ2n) is 6.01. The summed E-state index contributed by atoms with van der Waals surface area (Å²) >= 11 is 0. The van der Waals surface area contributed by atoms with E-state index in [0.717, 1.165) is 44.9 Å². The maximum absolute atomic E-state index is 12.5. The molecule has 3 nitrogen and oxygen atoms in total. The first-order chi connectivity index (χ1) is 9.21. The SMILES string of the molecule is CCOC(=O)C1(C2CCCCCC2)CCCCC1=O. The summed E-state index contributed by atoms with van der Waals surface area (Å²) in [5.74, 6) is 0.151. The fourth-order valence-electron chi connectivity index (χ4n) is 3.90. The van der Waals surface area contributed by atoms with Gasteiger partial charge in [0.1, 0.15) is 11.2 Å². The fraction of sp³-hybridized carbons (Fsp3) is 0.875. The monoisotopic (exact) mass is 266 g/mol. The van der Waals surface area contributed by atoms with E-state index in [-0.39, 0.29) is 17.7 Å². The minimum absolute atomic E-state index is 0.157. The summed E-state index contributed by atoms with van der Waals surface area (Å²) in [6, 6.07) is 0. The summed E-state index contributed by atoms with van der Waals surface area (Å²) in [4.78, 5) is 25.0. The zero-order valence-electron chi connectivity index (χ0n) is 12.1. The van der Waals surface area contributed by atoms with Crippen LogP contribution >= 0.6 is 0 Å². The summed E-state index contributed by atoms with van der Waals surface area (Å²) in [6.45, 7) is 2.20. The molecule has 0 spiro atoms. The van der Waals surface area contributed by atoms with Gasteiger partial charge in [-0.25, -0.2) is 0 Å². The van der Waals surface area contributed by atoms with Crippen LogP contribution in [0.25, 0.3) is 0 Å². The van der Waals surface area contributed by atoms with Crippen molar-refractivity contribution in [2.24, 2.45) is 11.3 Å². The summed E-state index contributed by atoms with van der Waals surface area (Å²) < 4.78 is 5.29. The van der Waals surface area contributed by atoms with Gasteiger partial charge in [-0.1, -0.05) is 32.1 Å². The highest BCUT2D eigenvalue weighted by Gasteiger charge is 2.52. The summed E-state index contributed by atoms with van der Waals surface area (Å²) in [5.41, 5.74) is -0.793. The summed E-state index contributed by atoms with van der Waals surface area (Å²) in [5, 5.41) is 0. The van der Waals surface area contributed by atoms with Gasteiger partial charge >= 0.3 is 5.97 Å². The van der Waals surface area contributed by atoms with Gasteiger partial charge in [0, 0.05) is 6.42 Å². The van der Waals surface area contributed by atoms with Gasteiger partial charge in [-0.3, -0.25) is 9.59 Å². The molecule has 3 heteroatoms. The van der Waals surface area contributed by atoms with E-state index in [4.69, 9.17) is 4.74 Å². The molecule has 2 aliphatic rings. The van der Waals surface area contributed by atoms with E-state index in [1.807, 2.05) is 6.92 Å². The molecule has 1 atom stereocenters. The Labute approximate surface area is 116 Å². The van der Waals surface area contributed by atoms with Crippen molar-refractivity contribution in [2.45, 2.75) is 71.1 Å². The first kappa shape index (κ1) is 14.5. The average molecular weight is 266 g/mol. The van der Waals surface area contributed by atoms with Crippen molar-refractivity contribution in [1.82, 2.24) is 0 Å². The minimum atomic E-state index is -0.793. The minimum Gasteiger partial charge on any atom is -0.465 e. The molecule has 0 saturated heterocycles. The third-order valence-electron chi connectivity index (χ3n) is 4.91. The topological polar surface area (TPSA) is 43.4 Å². The molecular weight excluding hydrogens is 240 g/mol. The lowest BCUT2D eigenvalue weighted by atomic mass is 9.62. The Morgan fingerprint density at radius 3 is 2.42 bits per heavy atom. The van der Waals surface area contributed by atoms with E-state index >= 15 is 0 Å². The highest BCUT2D eigenvalue weighted by atomic mass is 16.5. The second-order valence-corrected chi connectivity index (χ2v) is 6.01. The van der Waals surface area contributed by atoms with Crippen molar-refractivity contribution >= 4 is 11.8 Å². The lowest BCUT2D eigenvalue weighted by Gasteiger charge is -2.39. The Morgan fingerprint density at radius 1 is 1.16 bits per heavy atom. The molecule has 2 saturated carbocycles. The van der Waals surface area contributed by atoms with Crippen molar-refractivity contribution in [3.8, 4) is 0 Å². The van der Waals surface area contributed by atoms with Gasteiger partial charge in [-0.2, -0.15) is 0 Å². The molecule has 2 rings (SSSR count). The van der Waals surface area contributed by atoms with Crippen molar-refractivity contribution < 1.29 is 14.3 Å². The average Bonchev–Trinajstić information content (AvgIpc) is 2.69. The number of rotatable bonds is 3. The van der Waals surface area contributed by atoms with Crippen molar-refractivity contribution in [1.29, 1.82) is 0 Å². The number of carbonyl (C=O) groups is 2. The number of esters is 1. The van der Waals surface area contributed by atoms with Crippen LogP contribution in [0.1, 0.15) is 71.1 Å². The molecule has 0 heterocycles. The zero-order valence-corrected chi connectivity index (χ0v) is 12.1. The highest BCUT2D eigenvalue weighted by molar-refractivity contribution is 6.04. The van der Waals surface area contributed by atoms with Gasteiger partial charge < -0.3 is 4.74 Å². The maximum Gasteiger partial charge on any atom is 0.319 e. The molecule has 0 aromatic carbocycles. The maximum atomic E-state index is 12.5. The predicted octanol–water partition coefficient (Wildman–Crippen LogP) is 3.65. The van der Waals surface area contributed by atoms with Crippen LogP contribution in [0.4, 0.5) is 0 Å². The standard InChI is InChI=1S/C16H26O3/c1-2-19-15(18)16(12-8-7-11-14(16)17)13-9-5-3-4-6-10-13/h13H,2-12H2,1H3. The molecule has 2 aliphatic carbocycles. The second kappa shape index (κ2) is 6.53. The predicted molar refractivity (Wildman–Crippen MR) is 73.7 cm³/mol. The Hall–Kier alpha value is -0.860. The Bertz CT molecular complexity index is 329.